The summed E-state index contributed by atoms with van der Waals surface area (Å²) >= 11 is 1.07. The van der Waals surface area contributed by atoms with E-state index in [4.69, 9.17) is 23.7 Å². The van der Waals surface area contributed by atoms with E-state index in [9.17, 15) is 24.0 Å². The van der Waals surface area contributed by atoms with Crippen molar-refractivity contribution in [2.24, 2.45) is 0 Å². The van der Waals surface area contributed by atoms with Crippen LogP contribution in [0.4, 0.5) is 10.5 Å². The molecule has 1 saturated heterocycles. The standard InChI is InChI=1S/C37H40N2O11S/c1-23(40)47-22-31(48-24(2)41)32(49-25(3)42)33(50-26(4)43)34-37(51-34,28-15-11-8-12-16-28)35(44)39(29-17-19-30(46-6)20-18-29)36(45)38(5)21-27-13-9-7-10-14-27/h7-20,31-34H,21-22H2,1-6H3/t31-,32-,33+,34-,37+/m1/s1. The van der Waals surface area contributed by atoms with E-state index in [1.165, 1.54) is 12.0 Å². The SMILES string of the molecule is COc1ccc(N(C(=O)N(C)Cc2ccccc2)C(=O)[C@@]2(c3ccccc3)S[C@@H]2[C@@H](OC(C)=O)[C@H](OC(C)=O)[C@@H](COC(C)=O)OC(C)=O)cc1. The van der Waals surface area contributed by atoms with Crippen LogP contribution < -0.4 is 9.64 Å². The van der Waals surface area contributed by atoms with Crippen molar-refractivity contribution in [1.29, 1.82) is 0 Å². The first-order chi connectivity index (χ1) is 24.3. The molecule has 5 atom stereocenters. The third kappa shape index (κ3) is 9.45. The fraction of sp³-hybridized carbons (Fsp3) is 0.351. The minimum absolute atomic E-state index is 0.180. The van der Waals surface area contributed by atoms with E-state index in [-0.39, 0.29) is 12.2 Å². The summed E-state index contributed by atoms with van der Waals surface area (Å²) in [4.78, 5) is 81.2. The molecule has 0 saturated carbocycles. The van der Waals surface area contributed by atoms with Crippen molar-refractivity contribution in [2.45, 2.75) is 62.5 Å². The number of urea groups is 1. The van der Waals surface area contributed by atoms with Gasteiger partial charge in [0.05, 0.1) is 18.0 Å². The van der Waals surface area contributed by atoms with Crippen LogP contribution >= 0.6 is 11.8 Å². The molecule has 4 rings (SSSR count). The van der Waals surface area contributed by atoms with E-state index < -0.39 is 70.7 Å². The summed E-state index contributed by atoms with van der Waals surface area (Å²) in [6, 6.07) is 23.6. The van der Waals surface area contributed by atoms with Crippen molar-refractivity contribution in [3.05, 3.63) is 96.1 Å². The second kappa shape index (κ2) is 17.0. The number of esters is 4. The minimum atomic E-state index is -1.59. The number of hydrogen-bond acceptors (Lipinski definition) is 12. The lowest BCUT2D eigenvalue weighted by molar-refractivity contribution is -0.189. The second-order valence-electron chi connectivity index (χ2n) is 11.7. The van der Waals surface area contributed by atoms with Gasteiger partial charge in [0.15, 0.2) is 18.3 Å². The molecule has 0 spiro atoms. The predicted molar refractivity (Wildman–Crippen MR) is 187 cm³/mol. The van der Waals surface area contributed by atoms with Gasteiger partial charge in [0.25, 0.3) is 5.91 Å². The van der Waals surface area contributed by atoms with E-state index in [1.807, 2.05) is 30.3 Å². The summed E-state index contributed by atoms with van der Waals surface area (Å²) in [7, 11) is 3.06. The number of amides is 3. The van der Waals surface area contributed by atoms with E-state index in [0.29, 0.717) is 11.3 Å². The highest BCUT2D eigenvalue weighted by atomic mass is 32.2. The van der Waals surface area contributed by atoms with E-state index >= 15 is 4.79 Å². The highest BCUT2D eigenvalue weighted by molar-refractivity contribution is 8.09. The zero-order valence-electron chi connectivity index (χ0n) is 29.1. The number of thioether (sulfide) groups is 1. The Morgan fingerprint density at radius 3 is 1.84 bits per heavy atom. The van der Waals surface area contributed by atoms with Crippen molar-refractivity contribution in [2.75, 3.05) is 25.7 Å². The quantitative estimate of drug-likeness (QED) is 0.129. The summed E-state index contributed by atoms with van der Waals surface area (Å²) in [6.07, 6.45) is -4.40. The normalized spacial score (nSPS) is 17.8. The third-order valence-electron chi connectivity index (χ3n) is 7.85. The highest BCUT2D eigenvalue weighted by Gasteiger charge is 2.70. The molecule has 1 heterocycles. The number of ether oxygens (including phenoxy) is 5. The zero-order valence-corrected chi connectivity index (χ0v) is 29.9. The Kier molecular flexibility index (Phi) is 12.8. The molecule has 3 aromatic rings. The summed E-state index contributed by atoms with van der Waals surface area (Å²) in [5, 5.41) is -0.996. The molecule has 3 amide bonds. The summed E-state index contributed by atoms with van der Waals surface area (Å²) in [5.41, 5.74) is 1.53. The third-order valence-corrected chi connectivity index (χ3v) is 9.51. The number of nitrogens with zero attached hydrogens (tertiary/aromatic N) is 2. The number of carbonyl (C=O) groups is 6. The molecule has 0 unspecified atom stereocenters. The lowest BCUT2D eigenvalue weighted by Gasteiger charge is -2.34. The van der Waals surface area contributed by atoms with Crippen molar-refractivity contribution >= 4 is 53.3 Å². The minimum Gasteiger partial charge on any atom is -0.497 e. The molecule has 0 radical (unpaired) electrons. The predicted octanol–water partition coefficient (Wildman–Crippen LogP) is 4.65. The molecule has 51 heavy (non-hydrogen) atoms. The van der Waals surface area contributed by atoms with Crippen LogP contribution in [0.5, 0.6) is 5.75 Å². The van der Waals surface area contributed by atoms with E-state index in [1.54, 1.807) is 61.6 Å². The number of anilines is 1. The maximum atomic E-state index is 15.2. The molecule has 14 heteroatoms. The van der Waals surface area contributed by atoms with Crippen molar-refractivity contribution < 1.29 is 52.5 Å². The molecular weight excluding hydrogens is 680 g/mol. The van der Waals surface area contributed by atoms with Gasteiger partial charge in [-0.15, -0.1) is 11.8 Å². The smallest absolute Gasteiger partial charge is 0.331 e. The van der Waals surface area contributed by atoms with Crippen LogP contribution in [0, 0.1) is 0 Å². The molecular formula is C37H40N2O11S. The van der Waals surface area contributed by atoms with Gasteiger partial charge in [-0.05, 0) is 35.4 Å². The largest absolute Gasteiger partial charge is 0.497 e. The first-order valence-corrected chi connectivity index (χ1v) is 16.8. The van der Waals surface area contributed by atoms with Gasteiger partial charge >= 0.3 is 29.9 Å². The Balaban J connectivity index is 1.86. The Morgan fingerprint density at radius 2 is 1.31 bits per heavy atom. The number of benzene rings is 3. The second-order valence-corrected chi connectivity index (χ2v) is 13.1. The van der Waals surface area contributed by atoms with Crippen LogP contribution in [0.1, 0.15) is 38.8 Å². The number of carbonyl (C=O) groups excluding carboxylic acids is 6. The molecule has 1 aliphatic rings. The Hall–Kier alpha value is -5.37. The number of rotatable bonds is 14. The lowest BCUT2D eigenvalue weighted by atomic mass is 9.88. The van der Waals surface area contributed by atoms with Gasteiger partial charge in [-0.3, -0.25) is 24.0 Å². The monoisotopic (exact) mass is 720 g/mol. The van der Waals surface area contributed by atoms with Crippen LogP contribution in [0.3, 0.4) is 0 Å². The average molecular weight is 721 g/mol. The fourth-order valence-corrected chi connectivity index (χ4v) is 7.15. The van der Waals surface area contributed by atoms with E-state index in [0.717, 1.165) is 49.9 Å². The van der Waals surface area contributed by atoms with Crippen LogP contribution in [-0.4, -0.2) is 85.0 Å². The lowest BCUT2D eigenvalue weighted by Crippen LogP contribution is -2.54. The number of hydrogen-bond donors (Lipinski definition) is 0. The van der Waals surface area contributed by atoms with Gasteiger partial charge in [-0.1, -0.05) is 60.7 Å². The highest BCUT2D eigenvalue weighted by Crippen LogP contribution is 2.65. The zero-order chi connectivity index (χ0) is 37.3. The van der Waals surface area contributed by atoms with Crippen LogP contribution in [0.2, 0.25) is 0 Å². The van der Waals surface area contributed by atoms with Gasteiger partial charge in [-0.2, -0.15) is 0 Å². The molecule has 0 aromatic heterocycles. The van der Waals surface area contributed by atoms with Gasteiger partial charge in [0, 0.05) is 41.3 Å². The van der Waals surface area contributed by atoms with Crippen LogP contribution in [-0.2, 0) is 54.2 Å². The maximum Gasteiger partial charge on any atom is 0.331 e. The first kappa shape index (κ1) is 38.4. The van der Waals surface area contributed by atoms with Crippen molar-refractivity contribution in [1.82, 2.24) is 4.90 Å². The van der Waals surface area contributed by atoms with Crippen LogP contribution in [0.25, 0.3) is 0 Å². The molecule has 0 N–H and O–H groups in total. The summed E-state index contributed by atoms with van der Waals surface area (Å²) < 4.78 is 25.7. The Morgan fingerprint density at radius 1 is 0.745 bits per heavy atom. The molecule has 1 aliphatic heterocycles. The molecule has 3 aromatic carbocycles. The molecule has 1 fully saturated rings. The Labute approximate surface area is 300 Å². The van der Waals surface area contributed by atoms with Gasteiger partial charge < -0.3 is 28.6 Å². The molecule has 0 bridgehead atoms. The number of methoxy groups -OCH3 is 1. The first-order valence-electron chi connectivity index (χ1n) is 15.9. The molecule has 0 aliphatic carbocycles. The van der Waals surface area contributed by atoms with Gasteiger partial charge in [0.1, 0.15) is 17.1 Å². The van der Waals surface area contributed by atoms with Crippen molar-refractivity contribution in [3.8, 4) is 5.75 Å². The molecule has 13 nitrogen and oxygen atoms in total. The van der Waals surface area contributed by atoms with Crippen molar-refractivity contribution in [3.63, 3.8) is 0 Å². The topological polar surface area (TPSA) is 155 Å². The van der Waals surface area contributed by atoms with Gasteiger partial charge in [-0.25, -0.2) is 9.69 Å². The Bertz CT molecular complexity index is 1720. The van der Waals surface area contributed by atoms with E-state index in [2.05, 4.69) is 0 Å². The van der Waals surface area contributed by atoms with Gasteiger partial charge in [0.2, 0.25) is 0 Å². The maximum absolute atomic E-state index is 15.2. The summed E-state index contributed by atoms with van der Waals surface area (Å²) in [5.74, 6) is -3.30. The number of imide groups is 1. The summed E-state index contributed by atoms with van der Waals surface area (Å²) in [6.45, 7) is 4.13. The fourth-order valence-electron chi connectivity index (χ4n) is 5.63. The van der Waals surface area contributed by atoms with Crippen LogP contribution in [0.15, 0.2) is 84.9 Å². The molecule has 270 valence electrons. The average Bonchev–Trinajstić information content (AvgIpc) is 3.85.